The van der Waals surface area contributed by atoms with Crippen molar-refractivity contribution in [2.75, 3.05) is 19.6 Å². The van der Waals surface area contributed by atoms with Crippen LogP contribution in [0.25, 0.3) is 0 Å². The van der Waals surface area contributed by atoms with Crippen LogP contribution in [0, 0.1) is 5.92 Å². The van der Waals surface area contributed by atoms with Gasteiger partial charge < -0.3 is 25.8 Å². The molecule has 9 heteroatoms. The van der Waals surface area contributed by atoms with Gasteiger partial charge in [0.2, 0.25) is 5.91 Å². The number of rotatable bonds is 4. The van der Waals surface area contributed by atoms with Crippen molar-refractivity contribution in [1.29, 1.82) is 0 Å². The summed E-state index contributed by atoms with van der Waals surface area (Å²) < 4.78 is 0. The van der Waals surface area contributed by atoms with Crippen LogP contribution in [0.15, 0.2) is 29.1 Å². The first-order chi connectivity index (χ1) is 18.2. The molecule has 2 spiro atoms. The van der Waals surface area contributed by atoms with Crippen LogP contribution in [0.1, 0.15) is 64.8 Å². The van der Waals surface area contributed by atoms with Crippen molar-refractivity contribution in [3.63, 3.8) is 0 Å². The van der Waals surface area contributed by atoms with Crippen molar-refractivity contribution in [3.8, 4) is 5.75 Å². The highest BCUT2D eigenvalue weighted by Gasteiger charge is 2.81. The van der Waals surface area contributed by atoms with Crippen LogP contribution in [-0.4, -0.2) is 74.1 Å². The quantitative estimate of drug-likeness (QED) is 0.471. The van der Waals surface area contributed by atoms with Crippen LogP contribution >= 0.6 is 0 Å². The second-order valence-corrected chi connectivity index (χ2v) is 12.8. The number of hydrogen-bond donors (Lipinski definition) is 4. The van der Waals surface area contributed by atoms with Crippen molar-refractivity contribution in [2.45, 2.75) is 73.5 Å². The minimum atomic E-state index is -1.09. The molecule has 2 saturated carbocycles. The van der Waals surface area contributed by atoms with Gasteiger partial charge in [-0.3, -0.25) is 19.3 Å². The number of aromatic amines is 1. The lowest BCUT2D eigenvalue weighted by molar-refractivity contribution is -0.136. The van der Waals surface area contributed by atoms with Crippen LogP contribution in [0.2, 0.25) is 0 Å². The summed E-state index contributed by atoms with van der Waals surface area (Å²) >= 11 is 0. The van der Waals surface area contributed by atoms with Gasteiger partial charge in [-0.25, -0.2) is 0 Å². The van der Waals surface area contributed by atoms with Crippen molar-refractivity contribution >= 4 is 11.8 Å². The molecule has 2 saturated heterocycles. The Kier molecular flexibility index (Phi) is 4.24. The van der Waals surface area contributed by atoms with Gasteiger partial charge in [-0.1, -0.05) is 6.07 Å². The van der Waals surface area contributed by atoms with E-state index in [0.29, 0.717) is 38.1 Å². The highest BCUT2D eigenvalue weighted by molar-refractivity contribution is 5.97. The molecule has 2 unspecified atom stereocenters. The average Bonchev–Trinajstić information content (AvgIpc) is 3.38. The topological polar surface area (TPSA) is 140 Å². The molecule has 4 fully saturated rings. The van der Waals surface area contributed by atoms with Crippen molar-refractivity contribution < 1.29 is 19.8 Å². The molecule has 1 aromatic heterocycles. The summed E-state index contributed by atoms with van der Waals surface area (Å²) in [6.45, 7) is 2.27. The normalized spacial score (nSPS) is 36.3. The Bertz CT molecular complexity index is 1500. The number of nitrogens with zero attached hydrogens (tertiary/aromatic N) is 2. The maximum Gasteiger partial charge on any atom is 0.261 e. The minimum Gasteiger partial charge on any atom is -0.508 e. The van der Waals surface area contributed by atoms with Crippen LogP contribution in [0.4, 0.5) is 0 Å². The first kappa shape index (κ1) is 22.8. The Morgan fingerprint density at radius 3 is 2.71 bits per heavy atom. The van der Waals surface area contributed by atoms with E-state index in [9.17, 15) is 24.6 Å². The lowest BCUT2D eigenvalue weighted by atomic mass is 9.55. The van der Waals surface area contributed by atoms with Crippen molar-refractivity contribution in [1.82, 2.24) is 14.8 Å². The van der Waals surface area contributed by atoms with Crippen LogP contribution in [-0.2, 0) is 28.5 Å². The molecule has 4 aliphatic carbocycles. The summed E-state index contributed by atoms with van der Waals surface area (Å²) in [6, 6.07) is 6.50. The van der Waals surface area contributed by atoms with E-state index in [-0.39, 0.29) is 22.8 Å². The van der Waals surface area contributed by atoms with Gasteiger partial charge in [0.25, 0.3) is 11.5 Å². The van der Waals surface area contributed by atoms with E-state index >= 15 is 0 Å². The molecular weight excluding hydrogens is 484 g/mol. The molecule has 9 nitrogen and oxygen atoms in total. The van der Waals surface area contributed by atoms with Gasteiger partial charge in [0.05, 0.1) is 11.6 Å². The fourth-order valence-corrected chi connectivity index (χ4v) is 9.18. The van der Waals surface area contributed by atoms with E-state index < -0.39 is 34.4 Å². The zero-order valence-corrected chi connectivity index (χ0v) is 21.2. The van der Waals surface area contributed by atoms with Gasteiger partial charge in [0.15, 0.2) is 0 Å². The molecule has 3 heterocycles. The number of carbonyl (C=O) groups is 2. The number of fused-ring (bicyclic) bond motifs is 3. The molecule has 198 valence electrons. The van der Waals surface area contributed by atoms with Gasteiger partial charge >= 0.3 is 0 Å². The summed E-state index contributed by atoms with van der Waals surface area (Å²) in [5, 5.41) is 23.1. The summed E-state index contributed by atoms with van der Waals surface area (Å²) in [4.78, 5) is 45.4. The number of primary amides is 1. The number of carbonyl (C=O) groups excluding carboxylic acids is 2. The van der Waals surface area contributed by atoms with Gasteiger partial charge in [-0.05, 0) is 72.9 Å². The molecule has 2 amide bonds. The number of phenolic OH excluding ortho intramolecular Hbond substituents is 1. The summed E-state index contributed by atoms with van der Waals surface area (Å²) in [7, 11) is 0. The third-order valence-electron chi connectivity index (χ3n) is 10.7. The number of H-pyrrole nitrogens is 1. The molecule has 5 atom stereocenters. The first-order valence-electron chi connectivity index (χ1n) is 13.8. The molecule has 5 N–H and O–H groups in total. The van der Waals surface area contributed by atoms with Gasteiger partial charge in [-0.2, -0.15) is 0 Å². The lowest BCUT2D eigenvalue weighted by Gasteiger charge is -2.62. The van der Waals surface area contributed by atoms with Gasteiger partial charge in [0, 0.05) is 49.0 Å². The summed E-state index contributed by atoms with van der Waals surface area (Å²) in [5.41, 5.74) is 6.91. The predicted molar refractivity (Wildman–Crippen MR) is 137 cm³/mol. The van der Waals surface area contributed by atoms with Gasteiger partial charge in [-0.15, -0.1) is 0 Å². The van der Waals surface area contributed by atoms with E-state index in [1.54, 1.807) is 12.1 Å². The monoisotopic (exact) mass is 516 g/mol. The highest BCUT2D eigenvalue weighted by atomic mass is 16.3. The number of likely N-dealkylation sites (tertiary alicyclic amines) is 2. The molecule has 6 aliphatic rings. The number of nitrogens with two attached hydrogens (primary N) is 1. The molecule has 2 bridgehead atoms. The summed E-state index contributed by atoms with van der Waals surface area (Å²) in [5.74, 6) is -0.164. The molecule has 2 aliphatic heterocycles. The highest BCUT2D eigenvalue weighted by Crippen LogP contribution is 2.73. The number of pyridine rings is 1. The first-order valence-corrected chi connectivity index (χ1v) is 13.8. The number of hydrogen-bond acceptors (Lipinski definition) is 6. The molecule has 0 radical (unpaired) electrons. The largest absolute Gasteiger partial charge is 0.508 e. The van der Waals surface area contributed by atoms with E-state index in [2.05, 4.69) is 9.88 Å². The maximum absolute atomic E-state index is 13.4. The minimum absolute atomic E-state index is 0.00388. The Morgan fingerprint density at radius 1 is 1.13 bits per heavy atom. The third kappa shape index (κ3) is 2.61. The molecule has 8 rings (SSSR count). The zero-order chi connectivity index (χ0) is 26.2. The SMILES string of the molecule is NC(=O)[C@@H]1CCCN1C(=O)c1cc2c([nH]c1=O)C[C@@]13CC4(CN(CC5CC5)[C@H]4C1(O)C2)c1ccc(O)cc13. The number of nitrogens with one attached hydrogen (secondary N) is 1. The zero-order valence-electron chi connectivity index (χ0n) is 21.2. The van der Waals surface area contributed by atoms with Crippen molar-refractivity contribution in [3.05, 3.63) is 62.6 Å². The van der Waals surface area contributed by atoms with E-state index in [0.717, 1.165) is 36.3 Å². The van der Waals surface area contributed by atoms with E-state index in [1.165, 1.54) is 23.3 Å². The molecule has 2 aromatic rings. The Balaban J connectivity index is 1.23. The molecular formula is C29H32N4O5. The number of benzene rings is 1. The van der Waals surface area contributed by atoms with Crippen LogP contribution in [0.3, 0.4) is 0 Å². The van der Waals surface area contributed by atoms with Crippen molar-refractivity contribution in [2.24, 2.45) is 11.7 Å². The van der Waals surface area contributed by atoms with Crippen LogP contribution < -0.4 is 11.3 Å². The van der Waals surface area contributed by atoms with Crippen LogP contribution in [0.5, 0.6) is 5.75 Å². The Hall–Kier alpha value is -3.17. The Morgan fingerprint density at radius 2 is 1.95 bits per heavy atom. The smallest absolute Gasteiger partial charge is 0.261 e. The third-order valence-corrected chi connectivity index (χ3v) is 10.7. The average molecular weight is 517 g/mol. The molecule has 1 aromatic carbocycles. The standard InChI is InChI=1S/C29H32N4O5/c30-23(35)22-2-1-7-33(22)25(37)18-8-16-10-29(38)26-27(14-32(26)12-15-3-4-15)13-28(29,11-21(16)31-24(18)36)20-9-17(34)5-6-19(20)27/h5-6,8-9,15,22,26,34,38H,1-4,7,10-14H2,(H2,30,35)(H,31,36)/t22-,26+,27?,28-,29?/m0/s1. The second-order valence-electron chi connectivity index (χ2n) is 12.8. The maximum atomic E-state index is 13.4. The number of aliphatic hydroxyl groups is 1. The fraction of sp³-hybridized carbons (Fsp3) is 0.552. The van der Waals surface area contributed by atoms with Gasteiger partial charge in [0.1, 0.15) is 17.4 Å². The summed E-state index contributed by atoms with van der Waals surface area (Å²) in [6.07, 6.45) is 5.20. The lowest BCUT2D eigenvalue weighted by Crippen LogP contribution is -2.75. The fourth-order valence-electron chi connectivity index (χ4n) is 9.18. The predicted octanol–water partition coefficient (Wildman–Crippen LogP) is 0.687. The second kappa shape index (κ2) is 7.07. The Labute approximate surface area is 219 Å². The van der Waals surface area contributed by atoms with E-state index in [1.807, 2.05) is 12.1 Å². The molecule has 38 heavy (non-hydrogen) atoms. The number of aromatic hydroxyl groups is 1. The number of aromatic nitrogens is 1. The number of amides is 2. The number of phenols is 1. The van der Waals surface area contributed by atoms with E-state index in [4.69, 9.17) is 5.73 Å².